The fourth-order valence-electron chi connectivity index (χ4n) is 1.52. The number of aryl methyl sites for hydroxylation is 2. The lowest BCUT2D eigenvalue weighted by molar-refractivity contribution is 0.969. The Morgan fingerprint density at radius 1 is 1.12 bits per heavy atom. The monoisotopic (exact) mass is 245 g/mol. The van der Waals surface area contributed by atoms with Crippen molar-refractivity contribution in [2.24, 2.45) is 0 Å². The summed E-state index contributed by atoms with van der Waals surface area (Å²) >= 11 is 1.65. The predicted molar refractivity (Wildman–Crippen MR) is 71.6 cm³/mol. The molecule has 1 aromatic heterocycles. The van der Waals surface area contributed by atoms with Crippen LogP contribution in [0.1, 0.15) is 11.4 Å². The molecule has 88 valence electrons. The summed E-state index contributed by atoms with van der Waals surface area (Å²) in [5.74, 6) is 1.64. The number of rotatable bonds is 3. The smallest absolute Gasteiger partial charge is 0.130 e. The number of nitrogens with zero attached hydrogens (tertiary/aromatic N) is 2. The lowest BCUT2D eigenvalue weighted by Crippen LogP contribution is -1.97. The van der Waals surface area contributed by atoms with Crippen LogP contribution in [0.3, 0.4) is 0 Å². The van der Waals surface area contributed by atoms with Gasteiger partial charge in [-0.15, -0.1) is 0 Å². The molecular weight excluding hydrogens is 230 g/mol. The molecular formula is C13H15N3S. The molecule has 0 radical (unpaired) electrons. The van der Waals surface area contributed by atoms with Crippen molar-refractivity contribution in [1.82, 2.24) is 9.97 Å². The first-order valence-corrected chi connectivity index (χ1v) is 6.27. The van der Waals surface area contributed by atoms with Crippen LogP contribution in [-0.2, 0) is 0 Å². The fraction of sp³-hybridized carbons (Fsp3) is 0.231. The number of anilines is 1. The molecule has 1 heterocycles. The van der Waals surface area contributed by atoms with Crippen molar-refractivity contribution in [2.75, 3.05) is 12.4 Å². The van der Waals surface area contributed by atoms with E-state index in [1.807, 2.05) is 20.0 Å². The summed E-state index contributed by atoms with van der Waals surface area (Å²) in [6.07, 6.45) is 0. The van der Waals surface area contributed by atoms with E-state index in [2.05, 4.69) is 46.5 Å². The van der Waals surface area contributed by atoms with Gasteiger partial charge in [-0.25, -0.2) is 9.97 Å². The highest BCUT2D eigenvalue weighted by Crippen LogP contribution is 2.27. The number of benzene rings is 1. The molecule has 17 heavy (non-hydrogen) atoms. The van der Waals surface area contributed by atoms with Gasteiger partial charge in [-0.3, -0.25) is 0 Å². The lowest BCUT2D eigenvalue weighted by Gasteiger charge is -2.05. The topological polar surface area (TPSA) is 37.8 Å². The summed E-state index contributed by atoms with van der Waals surface area (Å²) in [6, 6.07) is 10.4. The van der Waals surface area contributed by atoms with Crippen molar-refractivity contribution in [3.63, 3.8) is 0 Å². The Hall–Kier alpha value is -1.55. The third kappa shape index (κ3) is 3.20. The van der Waals surface area contributed by atoms with Crippen LogP contribution >= 0.6 is 11.8 Å². The second-order valence-electron chi connectivity index (χ2n) is 3.81. The Bertz CT molecular complexity index is 526. The van der Waals surface area contributed by atoms with Gasteiger partial charge >= 0.3 is 0 Å². The average Bonchev–Trinajstić information content (AvgIpc) is 2.28. The van der Waals surface area contributed by atoms with E-state index in [0.717, 1.165) is 16.7 Å². The largest absolute Gasteiger partial charge is 0.373 e. The maximum absolute atomic E-state index is 4.42. The van der Waals surface area contributed by atoms with Gasteiger partial charge < -0.3 is 5.32 Å². The van der Waals surface area contributed by atoms with Crippen LogP contribution in [0.4, 0.5) is 5.82 Å². The van der Waals surface area contributed by atoms with E-state index >= 15 is 0 Å². The Labute approximate surface area is 106 Å². The van der Waals surface area contributed by atoms with Gasteiger partial charge in [0, 0.05) is 18.0 Å². The van der Waals surface area contributed by atoms with Gasteiger partial charge in [0.1, 0.15) is 16.7 Å². The summed E-state index contributed by atoms with van der Waals surface area (Å²) in [6.45, 7) is 4.00. The Kier molecular flexibility index (Phi) is 3.64. The number of hydrogen-bond acceptors (Lipinski definition) is 4. The molecule has 0 amide bonds. The molecule has 1 N–H and O–H groups in total. The van der Waals surface area contributed by atoms with Gasteiger partial charge in [0.15, 0.2) is 0 Å². The molecule has 4 heteroatoms. The van der Waals surface area contributed by atoms with E-state index in [9.17, 15) is 0 Å². The molecule has 2 aromatic rings. The molecule has 0 fully saturated rings. The summed E-state index contributed by atoms with van der Waals surface area (Å²) in [5.41, 5.74) is 1.26. The number of hydrogen-bond donors (Lipinski definition) is 1. The summed E-state index contributed by atoms with van der Waals surface area (Å²) in [4.78, 5) is 9.89. The molecule has 0 saturated heterocycles. The lowest BCUT2D eigenvalue weighted by atomic mass is 10.2. The molecule has 0 atom stereocenters. The van der Waals surface area contributed by atoms with Crippen LogP contribution in [-0.4, -0.2) is 17.0 Å². The zero-order valence-electron chi connectivity index (χ0n) is 10.2. The molecule has 0 bridgehead atoms. The third-order valence-corrected chi connectivity index (χ3v) is 3.19. The minimum atomic E-state index is 0.784. The quantitative estimate of drug-likeness (QED) is 0.842. The molecule has 2 rings (SSSR count). The zero-order valence-corrected chi connectivity index (χ0v) is 11.0. The molecule has 0 aliphatic rings. The van der Waals surface area contributed by atoms with Crippen molar-refractivity contribution in [1.29, 1.82) is 0 Å². The van der Waals surface area contributed by atoms with Gasteiger partial charge in [-0.05, 0) is 26.0 Å². The molecule has 0 spiro atoms. The van der Waals surface area contributed by atoms with Crippen LogP contribution in [0.2, 0.25) is 0 Å². The SMILES string of the molecule is CNc1cc(Sc2cccc(C)c2)nc(C)n1. The standard InChI is InChI=1S/C13H15N3S/c1-9-5-4-6-11(7-9)17-13-8-12(14-3)15-10(2)16-13/h4-8H,1-3H3,(H,14,15,16). The van der Waals surface area contributed by atoms with E-state index in [1.165, 1.54) is 10.5 Å². The van der Waals surface area contributed by atoms with E-state index < -0.39 is 0 Å². The molecule has 0 aliphatic heterocycles. The highest BCUT2D eigenvalue weighted by Gasteiger charge is 2.03. The van der Waals surface area contributed by atoms with E-state index in [1.54, 1.807) is 11.8 Å². The predicted octanol–water partition coefficient (Wildman–Crippen LogP) is 3.29. The first-order chi connectivity index (χ1) is 8.17. The summed E-state index contributed by atoms with van der Waals surface area (Å²) in [7, 11) is 1.86. The highest BCUT2D eigenvalue weighted by atomic mass is 32.2. The van der Waals surface area contributed by atoms with E-state index in [0.29, 0.717) is 0 Å². The van der Waals surface area contributed by atoms with Crippen molar-refractivity contribution in [3.05, 3.63) is 41.7 Å². The van der Waals surface area contributed by atoms with Gasteiger partial charge in [-0.2, -0.15) is 0 Å². The van der Waals surface area contributed by atoms with Gasteiger partial charge in [0.05, 0.1) is 0 Å². The van der Waals surface area contributed by atoms with Gasteiger partial charge in [-0.1, -0.05) is 29.5 Å². The van der Waals surface area contributed by atoms with Crippen LogP contribution in [0.25, 0.3) is 0 Å². The fourth-order valence-corrected chi connectivity index (χ4v) is 2.50. The molecule has 0 saturated carbocycles. The molecule has 1 aromatic carbocycles. The van der Waals surface area contributed by atoms with E-state index in [4.69, 9.17) is 0 Å². The number of aromatic nitrogens is 2. The average molecular weight is 245 g/mol. The maximum atomic E-state index is 4.42. The third-order valence-electron chi connectivity index (χ3n) is 2.28. The molecule has 0 unspecified atom stereocenters. The maximum Gasteiger partial charge on any atom is 0.130 e. The Morgan fingerprint density at radius 2 is 1.94 bits per heavy atom. The Balaban J connectivity index is 2.26. The van der Waals surface area contributed by atoms with Crippen molar-refractivity contribution in [2.45, 2.75) is 23.8 Å². The van der Waals surface area contributed by atoms with Crippen molar-refractivity contribution >= 4 is 17.6 Å². The second-order valence-corrected chi connectivity index (χ2v) is 4.90. The minimum Gasteiger partial charge on any atom is -0.373 e. The summed E-state index contributed by atoms with van der Waals surface area (Å²) in [5, 5.41) is 4.01. The van der Waals surface area contributed by atoms with Crippen LogP contribution in [0.5, 0.6) is 0 Å². The van der Waals surface area contributed by atoms with Crippen molar-refractivity contribution in [3.8, 4) is 0 Å². The van der Waals surface area contributed by atoms with Crippen LogP contribution in [0.15, 0.2) is 40.3 Å². The van der Waals surface area contributed by atoms with Crippen molar-refractivity contribution < 1.29 is 0 Å². The second kappa shape index (κ2) is 5.19. The zero-order chi connectivity index (χ0) is 12.3. The number of nitrogens with one attached hydrogen (secondary N) is 1. The summed E-state index contributed by atoms with van der Waals surface area (Å²) < 4.78 is 0. The van der Waals surface area contributed by atoms with Gasteiger partial charge in [0.2, 0.25) is 0 Å². The van der Waals surface area contributed by atoms with Gasteiger partial charge in [0.25, 0.3) is 0 Å². The Morgan fingerprint density at radius 3 is 2.65 bits per heavy atom. The first-order valence-electron chi connectivity index (χ1n) is 5.45. The van der Waals surface area contributed by atoms with Crippen LogP contribution < -0.4 is 5.32 Å². The van der Waals surface area contributed by atoms with E-state index in [-0.39, 0.29) is 0 Å². The minimum absolute atomic E-state index is 0.784. The molecule has 0 aliphatic carbocycles. The normalized spacial score (nSPS) is 10.3. The van der Waals surface area contributed by atoms with Crippen LogP contribution in [0, 0.1) is 13.8 Å². The molecule has 3 nitrogen and oxygen atoms in total. The first kappa shape index (κ1) is 11.9. The highest BCUT2D eigenvalue weighted by molar-refractivity contribution is 7.99.